The van der Waals surface area contributed by atoms with E-state index >= 15 is 0 Å². The van der Waals surface area contributed by atoms with E-state index in [0.717, 1.165) is 28.0 Å². The number of carbonyl (C=O) groups excluding carboxylic acids is 2. The van der Waals surface area contributed by atoms with Gasteiger partial charge in [-0.25, -0.2) is 0 Å². The van der Waals surface area contributed by atoms with Gasteiger partial charge in [0.15, 0.2) is 17.8 Å². The third kappa shape index (κ3) is 7.05. The first-order chi connectivity index (χ1) is 18.7. The molecule has 0 saturated carbocycles. The lowest BCUT2D eigenvalue weighted by Gasteiger charge is -2.22. The summed E-state index contributed by atoms with van der Waals surface area (Å²) in [5.74, 6) is 1.07. The predicted molar refractivity (Wildman–Crippen MR) is 157 cm³/mol. The molecule has 6 heteroatoms. The number of amides is 1. The number of Topliss-reactive ketones (excluding diaryl/α,β-unsaturated/α-hetero) is 1. The van der Waals surface area contributed by atoms with Crippen molar-refractivity contribution in [3.8, 4) is 0 Å². The lowest BCUT2D eigenvalue weighted by Crippen LogP contribution is -2.22. The van der Waals surface area contributed by atoms with Gasteiger partial charge < -0.3 is 19.7 Å². The highest BCUT2D eigenvalue weighted by atomic mass is 16.5. The lowest BCUT2D eigenvalue weighted by atomic mass is 10.1. The summed E-state index contributed by atoms with van der Waals surface area (Å²) in [7, 11) is 3.48. The Morgan fingerprint density at radius 1 is 0.974 bits per heavy atom. The zero-order valence-corrected chi connectivity index (χ0v) is 23.4. The van der Waals surface area contributed by atoms with Crippen LogP contribution >= 0.6 is 0 Å². The highest BCUT2D eigenvalue weighted by Gasteiger charge is 2.34. The molecule has 0 spiro atoms. The molecule has 3 aromatic rings. The Hall–Kier alpha value is -4.58. The molecule has 1 heterocycles. The first-order valence-corrected chi connectivity index (χ1v) is 12.7. The molecule has 1 aliphatic heterocycles. The Morgan fingerprint density at radius 3 is 2.13 bits per heavy atom. The Morgan fingerprint density at radius 2 is 1.59 bits per heavy atom. The van der Waals surface area contributed by atoms with Crippen molar-refractivity contribution in [2.24, 2.45) is 0 Å². The van der Waals surface area contributed by atoms with E-state index in [1.54, 1.807) is 20.1 Å². The van der Waals surface area contributed by atoms with Crippen LogP contribution in [0.4, 0.5) is 5.69 Å². The van der Waals surface area contributed by atoms with Crippen molar-refractivity contribution < 1.29 is 19.1 Å². The summed E-state index contributed by atoms with van der Waals surface area (Å²) in [5.41, 5.74) is 5.61. The molecule has 0 radical (unpaired) electrons. The van der Waals surface area contributed by atoms with Gasteiger partial charge in [-0.05, 0) is 62.2 Å². The van der Waals surface area contributed by atoms with E-state index in [1.807, 2.05) is 112 Å². The van der Waals surface area contributed by atoms with Crippen LogP contribution in [0.2, 0.25) is 0 Å². The number of ether oxygens (including phenoxy) is 2. The van der Waals surface area contributed by atoms with Crippen LogP contribution in [0, 0.1) is 6.92 Å². The van der Waals surface area contributed by atoms with Crippen LogP contribution in [0.1, 0.15) is 54.0 Å². The van der Waals surface area contributed by atoms with Gasteiger partial charge in [0.1, 0.15) is 11.5 Å². The quantitative estimate of drug-likeness (QED) is 0.260. The van der Waals surface area contributed by atoms with Crippen LogP contribution in [0.5, 0.6) is 0 Å². The second-order valence-corrected chi connectivity index (χ2v) is 9.17. The fourth-order valence-electron chi connectivity index (χ4n) is 4.10. The maximum atomic E-state index is 12.6. The SMILES string of the molecule is C=C(OC)/C(C)=C\C.CC(=O)C1=C(c2ccc(NC(=O)c3ccccc3C)cc2)OC(c2ccccc2)N1C. The molecule has 202 valence electrons. The van der Waals surface area contributed by atoms with Gasteiger partial charge in [-0.15, -0.1) is 0 Å². The molecule has 0 aromatic heterocycles. The zero-order valence-electron chi connectivity index (χ0n) is 23.4. The van der Waals surface area contributed by atoms with Crippen molar-refractivity contribution >= 4 is 23.1 Å². The first-order valence-electron chi connectivity index (χ1n) is 12.7. The second kappa shape index (κ2) is 13.3. The number of rotatable bonds is 7. The number of nitrogens with zero attached hydrogens (tertiary/aromatic N) is 1. The van der Waals surface area contributed by atoms with Crippen LogP contribution < -0.4 is 5.32 Å². The second-order valence-electron chi connectivity index (χ2n) is 9.17. The molecule has 0 aliphatic carbocycles. The largest absolute Gasteiger partial charge is 0.497 e. The summed E-state index contributed by atoms with van der Waals surface area (Å²) in [6.45, 7) is 11.0. The standard InChI is InChI=1S/C26H24N2O3.C7H12O/c1-17-9-7-8-12-22(17)25(30)27-21-15-13-19(14-16-21)24-23(18(2)29)28(3)26(31-24)20-10-5-4-6-11-20;1-5-6(2)7(3)8-4/h4-16,26H,1-3H3,(H,27,30);5H,3H2,1-2,4H3/b;6-5-. The molecule has 1 N–H and O–H groups in total. The number of likely N-dealkylation sites (N-methyl/N-ethyl adjacent to an activating group) is 1. The number of benzene rings is 3. The number of nitrogens with one attached hydrogen (secondary N) is 1. The van der Waals surface area contributed by atoms with Crippen LogP contribution in [-0.2, 0) is 14.3 Å². The fourth-order valence-corrected chi connectivity index (χ4v) is 4.10. The maximum absolute atomic E-state index is 12.6. The van der Waals surface area contributed by atoms with Crippen LogP contribution in [-0.4, -0.2) is 30.7 Å². The summed E-state index contributed by atoms with van der Waals surface area (Å²) in [4.78, 5) is 26.8. The Balaban J connectivity index is 0.000000459. The lowest BCUT2D eigenvalue weighted by molar-refractivity contribution is -0.115. The van der Waals surface area contributed by atoms with E-state index < -0.39 is 0 Å². The molecule has 0 fully saturated rings. The molecule has 0 saturated heterocycles. The van der Waals surface area contributed by atoms with Crippen molar-refractivity contribution in [3.63, 3.8) is 0 Å². The zero-order chi connectivity index (χ0) is 28.5. The first kappa shape index (κ1) is 29.0. The van der Waals surface area contributed by atoms with Gasteiger partial charge in [0.2, 0.25) is 0 Å². The molecular weight excluding hydrogens is 488 g/mol. The van der Waals surface area contributed by atoms with Crippen molar-refractivity contribution in [1.29, 1.82) is 0 Å². The number of carbonyl (C=O) groups is 2. The molecule has 1 amide bonds. The third-order valence-electron chi connectivity index (χ3n) is 6.48. The monoisotopic (exact) mass is 524 g/mol. The number of hydrogen-bond donors (Lipinski definition) is 1. The van der Waals surface area contributed by atoms with Gasteiger partial charge in [-0.3, -0.25) is 9.59 Å². The summed E-state index contributed by atoms with van der Waals surface area (Å²) in [6, 6.07) is 24.6. The molecule has 1 atom stereocenters. The highest BCUT2D eigenvalue weighted by Crippen LogP contribution is 2.40. The molecular formula is C33H36N2O4. The van der Waals surface area contributed by atoms with Gasteiger partial charge in [0.25, 0.3) is 5.91 Å². The van der Waals surface area contributed by atoms with Crippen molar-refractivity contribution in [2.75, 3.05) is 19.5 Å². The van der Waals surface area contributed by atoms with Gasteiger partial charge >= 0.3 is 0 Å². The summed E-state index contributed by atoms with van der Waals surface area (Å²) in [6.07, 6.45) is 1.60. The highest BCUT2D eigenvalue weighted by molar-refractivity contribution is 6.05. The van der Waals surface area contributed by atoms with Gasteiger partial charge in [0, 0.05) is 36.3 Å². The number of anilines is 1. The average molecular weight is 525 g/mol. The van der Waals surface area contributed by atoms with Crippen molar-refractivity contribution in [2.45, 2.75) is 33.9 Å². The number of hydrogen-bond acceptors (Lipinski definition) is 5. The van der Waals surface area contributed by atoms with E-state index in [9.17, 15) is 9.59 Å². The van der Waals surface area contributed by atoms with Crippen molar-refractivity contribution in [1.82, 2.24) is 4.90 Å². The fraction of sp³-hybridized carbons (Fsp3) is 0.212. The topological polar surface area (TPSA) is 67.9 Å². The molecule has 6 nitrogen and oxygen atoms in total. The summed E-state index contributed by atoms with van der Waals surface area (Å²) < 4.78 is 11.1. The van der Waals surface area contributed by atoms with E-state index in [-0.39, 0.29) is 17.9 Å². The Bertz CT molecular complexity index is 1390. The van der Waals surface area contributed by atoms with Crippen LogP contribution in [0.15, 0.2) is 109 Å². The molecule has 3 aromatic carbocycles. The molecule has 0 bridgehead atoms. The minimum Gasteiger partial charge on any atom is -0.497 e. The normalized spacial score (nSPS) is 14.7. The van der Waals surface area contributed by atoms with E-state index in [4.69, 9.17) is 9.47 Å². The van der Waals surface area contributed by atoms with Gasteiger partial charge in [-0.1, -0.05) is 61.2 Å². The maximum Gasteiger partial charge on any atom is 0.255 e. The third-order valence-corrected chi connectivity index (χ3v) is 6.48. The van der Waals surface area contributed by atoms with E-state index in [0.29, 0.717) is 22.7 Å². The van der Waals surface area contributed by atoms with Crippen LogP contribution in [0.25, 0.3) is 5.76 Å². The van der Waals surface area contributed by atoms with Crippen molar-refractivity contribution in [3.05, 3.63) is 131 Å². The number of methoxy groups -OCH3 is 1. The minimum atomic E-state index is -0.365. The minimum absolute atomic E-state index is 0.0622. The van der Waals surface area contributed by atoms with Crippen LogP contribution in [0.3, 0.4) is 0 Å². The smallest absolute Gasteiger partial charge is 0.255 e. The molecule has 1 aliphatic rings. The van der Waals surface area contributed by atoms with Gasteiger partial charge in [0.05, 0.1) is 7.11 Å². The number of ketones is 1. The summed E-state index contributed by atoms with van der Waals surface area (Å²) >= 11 is 0. The average Bonchev–Trinajstić information content (AvgIpc) is 3.30. The van der Waals surface area contributed by atoms with E-state index in [2.05, 4.69) is 11.9 Å². The molecule has 4 rings (SSSR count). The Labute approximate surface area is 231 Å². The number of aryl methyl sites for hydroxylation is 1. The number of allylic oxidation sites excluding steroid dienone is 3. The summed E-state index contributed by atoms with van der Waals surface area (Å²) in [5, 5.41) is 2.92. The van der Waals surface area contributed by atoms with Gasteiger partial charge in [-0.2, -0.15) is 0 Å². The van der Waals surface area contributed by atoms with E-state index in [1.165, 1.54) is 0 Å². The molecule has 39 heavy (non-hydrogen) atoms. The molecule has 1 unspecified atom stereocenters. The Kier molecular flexibility index (Phi) is 9.87. The predicted octanol–water partition coefficient (Wildman–Crippen LogP) is 7.28.